The maximum absolute atomic E-state index is 5.39. The molecule has 0 aliphatic heterocycles. The average molecular weight is 258 g/mol. The zero-order valence-electron chi connectivity index (χ0n) is 11.6. The molecule has 1 fully saturated rings. The highest BCUT2D eigenvalue weighted by Gasteiger charge is 2.29. The fourth-order valence-electron chi connectivity index (χ4n) is 2.32. The van der Waals surface area contributed by atoms with E-state index in [0.29, 0.717) is 18.1 Å². The summed E-state index contributed by atoms with van der Waals surface area (Å²) in [4.78, 5) is 2.22. The highest BCUT2D eigenvalue weighted by atomic mass is 32.1. The summed E-state index contributed by atoms with van der Waals surface area (Å²) in [5.41, 5.74) is 0.516. The van der Waals surface area contributed by atoms with Crippen molar-refractivity contribution in [3.8, 4) is 0 Å². The largest absolute Gasteiger partial charge is 0.383 e. The summed E-state index contributed by atoms with van der Waals surface area (Å²) in [6.07, 6.45) is 5.08. The molecule has 0 atom stereocenters. The van der Waals surface area contributed by atoms with Gasteiger partial charge in [-0.1, -0.05) is 13.8 Å². The molecule has 3 nitrogen and oxygen atoms in total. The summed E-state index contributed by atoms with van der Waals surface area (Å²) in [5.74, 6) is 0. The minimum atomic E-state index is 0.516. The molecule has 0 amide bonds. The predicted octanol–water partition coefficient (Wildman–Crippen LogP) is 2.41. The first-order chi connectivity index (χ1) is 7.96. The third kappa shape index (κ3) is 4.80. The summed E-state index contributed by atoms with van der Waals surface area (Å²) >= 11 is 5.39. The van der Waals surface area contributed by atoms with Crippen molar-refractivity contribution in [2.75, 3.05) is 27.3 Å². The molecule has 0 saturated heterocycles. The first-order valence-corrected chi connectivity index (χ1v) is 6.87. The van der Waals surface area contributed by atoms with Gasteiger partial charge in [0, 0.05) is 26.7 Å². The van der Waals surface area contributed by atoms with Gasteiger partial charge in [0.05, 0.1) is 6.61 Å². The second-order valence-electron chi connectivity index (χ2n) is 5.73. The molecule has 0 aromatic rings. The maximum Gasteiger partial charge on any atom is 0.169 e. The Balaban J connectivity index is 2.32. The van der Waals surface area contributed by atoms with Crippen LogP contribution in [0.1, 0.15) is 39.5 Å². The molecule has 0 radical (unpaired) electrons. The highest BCUT2D eigenvalue weighted by Crippen LogP contribution is 2.36. The molecule has 1 rings (SSSR count). The number of methoxy groups -OCH3 is 1. The van der Waals surface area contributed by atoms with Gasteiger partial charge in [0.2, 0.25) is 0 Å². The van der Waals surface area contributed by atoms with Crippen molar-refractivity contribution in [3.05, 3.63) is 0 Å². The minimum absolute atomic E-state index is 0.516. The second-order valence-corrected chi connectivity index (χ2v) is 6.12. The zero-order chi connectivity index (χ0) is 12.9. The number of hydrogen-bond donors (Lipinski definition) is 1. The van der Waals surface area contributed by atoms with Gasteiger partial charge in [-0.05, 0) is 43.3 Å². The molecule has 17 heavy (non-hydrogen) atoms. The standard InChI is InChI=1S/C13H26N2OS/c1-13(2)7-5-11(6-8-13)15(3)12(17)14-9-10-16-4/h11H,5-10H2,1-4H3,(H,14,17). The number of hydrogen-bond acceptors (Lipinski definition) is 2. The van der Waals surface area contributed by atoms with Gasteiger partial charge in [0.1, 0.15) is 0 Å². The van der Waals surface area contributed by atoms with Crippen LogP contribution in [0.4, 0.5) is 0 Å². The Morgan fingerprint density at radius 1 is 1.41 bits per heavy atom. The van der Waals surface area contributed by atoms with Crippen molar-refractivity contribution in [1.82, 2.24) is 10.2 Å². The van der Waals surface area contributed by atoms with Crippen LogP contribution in [0.2, 0.25) is 0 Å². The number of nitrogens with zero attached hydrogens (tertiary/aromatic N) is 1. The van der Waals surface area contributed by atoms with E-state index in [2.05, 4.69) is 31.1 Å². The lowest BCUT2D eigenvalue weighted by molar-refractivity contribution is 0.167. The molecule has 0 aromatic heterocycles. The molecule has 1 saturated carbocycles. The average Bonchev–Trinajstić information content (AvgIpc) is 2.28. The molecule has 0 spiro atoms. The minimum Gasteiger partial charge on any atom is -0.383 e. The molecule has 0 heterocycles. The van der Waals surface area contributed by atoms with E-state index in [1.807, 2.05) is 0 Å². The predicted molar refractivity (Wildman–Crippen MR) is 76.3 cm³/mol. The van der Waals surface area contributed by atoms with Crippen LogP contribution in [0.25, 0.3) is 0 Å². The summed E-state index contributed by atoms with van der Waals surface area (Å²) in [7, 11) is 3.81. The van der Waals surface area contributed by atoms with Gasteiger partial charge < -0.3 is 15.0 Å². The smallest absolute Gasteiger partial charge is 0.169 e. The topological polar surface area (TPSA) is 24.5 Å². The molecule has 100 valence electrons. The Morgan fingerprint density at radius 2 is 2.00 bits per heavy atom. The first kappa shape index (κ1) is 14.7. The van der Waals surface area contributed by atoms with Gasteiger partial charge in [0.15, 0.2) is 5.11 Å². The molecule has 1 N–H and O–H groups in total. The van der Waals surface area contributed by atoms with Crippen molar-refractivity contribution in [1.29, 1.82) is 0 Å². The second kappa shape index (κ2) is 6.55. The van der Waals surface area contributed by atoms with Crippen LogP contribution in [0, 0.1) is 5.41 Å². The van der Waals surface area contributed by atoms with Gasteiger partial charge >= 0.3 is 0 Å². The number of nitrogens with one attached hydrogen (secondary N) is 1. The van der Waals surface area contributed by atoms with Crippen molar-refractivity contribution in [2.24, 2.45) is 5.41 Å². The highest BCUT2D eigenvalue weighted by molar-refractivity contribution is 7.80. The van der Waals surface area contributed by atoms with Crippen molar-refractivity contribution < 1.29 is 4.74 Å². The molecule has 1 aliphatic carbocycles. The van der Waals surface area contributed by atoms with Crippen LogP contribution in [0.3, 0.4) is 0 Å². The van der Waals surface area contributed by atoms with E-state index >= 15 is 0 Å². The SMILES string of the molecule is COCCNC(=S)N(C)C1CCC(C)(C)CC1. The van der Waals surface area contributed by atoms with E-state index in [9.17, 15) is 0 Å². The van der Waals surface area contributed by atoms with Crippen molar-refractivity contribution in [2.45, 2.75) is 45.6 Å². The number of ether oxygens (including phenoxy) is 1. The van der Waals surface area contributed by atoms with Gasteiger partial charge in [-0.3, -0.25) is 0 Å². The third-order valence-corrected chi connectivity index (χ3v) is 4.19. The molecule has 1 aliphatic rings. The Bertz CT molecular complexity index is 246. The quantitative estimate of drug-likeness (QED) is 0.618. The molecule has 0 unspecified atom stereocenters. The Hall–Kier alpha value is -0.350. The number of thiocarbonyl (C=S) groups is 1. The van der Waals surface area contributed by atoms with Gasteiger partial charge in [-0.2, -0.15) is 0 Å². The van der Waals surface area contributed by atoms with Crippen LogP contribution < -0.4 is 5.32 Å². The lowest BCUT2D eigenvalue weighted by Crippen LogP contribution is -2.46. The van der Waals surface area contributed by atoms with Crippen molar-refractivity contribution >= 4 is 17.3 Å². The van der Waals surface area contributed by atoms with E-state index in [-0.39, 0.29) is 0 Å². The van der Waals surface area contributed by atoms with E-state index in [1.54, 1.807) is 7.11 Å². The van der Waals surface area contributed by atoms with Crippen LogP contribution in [0.15, 0.2) is 0 Å². The molecular formula is C13H26N2OS. The van der Waals surface area contributed by atoms with Crippen LogP contribution in [-0.4, -0.2) is 43.4 Å². The molecule has 0 bridgehead atoms. The van der Waals surface area contributed by atoms with Gasteiger partial charge in [-0.25, -0.2) is 0 Å². The summed E-state index contributed by atoms with van der Waals surface area (Å²) < 4.78 is 5.00. The van der Waals surface area contributed by atoms with Crippen LogP contribution in [-0.2, 0) is 4.74 Å². The Morgan fingerprint density at radius 3 is 2.53 bits per heavy atom. The van der Waals surface area contributed by atoms with Crippen LogP contribution in [0.5, 0.6) is 0 Å². The Labute approximate surface area is 111 Å². The fraction of sp³-hybridized carbons (Fsp3) is 0.923. The van der Waals surface area contributed by atoms with E-state index in [4.69, 9.17) is 17.0 Å². The van der Waals surface area contributed by atoms with Crippen LogP contribution >= 0.6 is 12.2 Å². The van der Waals surface area contributed by atoms with E-state index < -0.39 is 0 Å². The summed E-state index contributed by atoms with van der Waals surface area (Å²) in [6.45, 7) is 6.21. The number of rotatable bonds is 4. The fourth-order valence-corrected chi connectivity index (χ4v) is 2.57. The Kier molecular flexibility index (Phi) is 5.67. The monoisotopic (exact) mass is 258 g/mol. The molecular weight excluding hydrogens is 232 g/mol. The maximum atomic E-state index is 5.39. The van der Waals surface area contributed by atoms with E-state index in [1.165, 1.54) is 25.7 Å². The molecule has 4 heteroatoms. The lowest BCUT2D eigenvalue weighted by atomic mass is 9.75. The van der Waals surface area contributed by atoms with Gasteiger partial charge in [-0.15, -0.1) is 0 Å². The third-order valence-electron chi connectivity index (χ3n) is 3.76. The first-order valence-electron chi connectivity index (χ1n) is 6.46. The van der Waals surface area contributed by atoms with Gasteiger partial charge in [0.25, 0.3) is 0 Å². The summed E-state index contributed by atoms with van der Waals surface area (Å²) in [5, 5.41) is 4.09. The van der Waals surface area contributed by atoms with Crippen molar-refractivity contribution in [3.63, 3.8) is 0 Å². The normalized spacial score (nSPS) is 20.0. The zero-order valence-corrected chi connectivity index (χ0v) is 12.4. The summed E-state index contributed by atoms with van der Waals surface area (Å²) in [6, 6.07) is 0.602. The lowest BCUT2D eigenvalue weighted by Gasteiger charge is -2.39. The van der Waals surface area contributed by atoms with E-state index in [0.717, 1.165) is 11.7 Å². The molecule has 0 aromatic carbocycles.